The number of nitrogens with two attached hydrogens (primary N) is 4. The fourth-order valence-corrected chi connectivity index (χ4v) is 5.48. The van der Waals surface area contributed by atoms with Crippen LogP contribution < -0.4 is 53.6 Å². The number of carboxylic acid groups (broad SMARTS) is 6. The summed E-state index contributed by atoms with van der Waals surface area (Å²) in [5.74, 6) is -5.62. The number of carbonyl (C=O) groups is 6. The second-order valence-corrected chi connectivity index (χ2v) is 15.5. The average Bonchev–Trinajstić information content (AvgIpc) is 3.68. The van der Waals surface area contributed by atoms with Crippen LogP contribution in [0.25, 0.3) is 23.0 Å². The first kappa shape index (κ1) is 81.3. The van der Waals surface area contributed by atoms with Crippen molar-refractivity contribution in [2.24, 2.45) is 0 Å². The fraction of sp³-hybridized carbons (Fsp3) is 0.0323. The van der Waals surface area contributed by atoms with Crippen LogP contribution in [-0.4, -0.2) is 75.7 Å². The number of rotatable bonds is 8. The van der Waals surface area contributed by atoms with Crippen molar-refractivity contribution in [3.05, 3.63) is 264 Å². The monoisotopic (exact) mass is 1510 g/mol. The molecule has 4 heterocycles. The molecule has 0 saturated heterocycles. The Labute approximate surface area is 576 Å². The maximum absolute atomic E-state index is 10.1. The van der Waals surface area contributed by atoms with Crippen LogP contribution in [0.4, 0.5) is 23.8 Å². The molecule has 0 bridgehead atoms. The van der Waals surface area contributed by atoms with Crippen molar-refractivity contribution >= 4 is 59.6 Å². The molecule has 0 unspecified atom stereocenters. The number of nitrogen functional groups attached to an aromatic ring is 4. The van der Waals surface area contributed by atoms with Crippen LogP contribution in [0.5, 0.6) is 0 Å². The topological polar surface area (TPSA) is 496 Å². The third-order valence-corrected chi connectivity index (χ3v) is 9.18. The number of nitriles is 2. The summed E-state index contributed by atoms with van der Waals surface area (Å²) >= 11 is 0. The summed E-state index contributed by atoms with van der Waals surface area (Å²) in [4.78, 5) is 91.7. The van der Waals surface area contributed by atoms with Gasteiger partial charge in [-0.15, -0.1) is 0 Å². The van der Waals surface area contributed by atoms with Crippen LogP contribution in [0.2, 0.25) is 0 Å². The Hall–Kier alpha value is -10.8. The van der Waals surface area contributed by atoms with E-state index in [-0.39, 0.29) is 134 Å². The molecule has 10 aromatic rings. The van der Waals surface area contributed by atoms with Crippen LogP contribution in [0.1, 0.15) is 76.0 Å². The maximum atomic E-state index is 10.1. The number of benzene rings is 6. The number of anilines is 4. The second kappa shape index (κ2) is 49.3. The molecule has 2 radical (unpaired) electrons. The Kier molecular flexibility index (Phi) is 44.5. The van der Waals surface area contributed by atoms with Gasteiger partial charge in [0.05, 0.1) is 48.0 Å². The number of aromatic nitrogens is 8. The molecule has 10 rings (SSSR count). The van der Waals surface area contributed by atoms with Crippen molar-refractivity contribution in [1.29, 1.82) is 10.5 Å². The third-order valence-electron chi connectivity index (χ3n) is 9.18. The first-order chi connectivity index (χ1) is 42.2. The molecule has 0 fully saturated rings. The van der Waals surface area contributed by atoms with Gasteiger partial charge in [0.15, 0.2) is 11.6 Å². The number of carboxylic acids is 6. The summed E-state index contributed by atoms with van der Waals surface area (Å²) in [6, 6.07) is 62.7. The van der Waals surface area contributed by atoms with Gasteiger partial charge in [0.1, 0.15) is 11.4 Å². The molecular formula is C62H52Dy2N14O12. The minimum atomic E-state index is -1.13. The van der Waals surface area contributed by atoms with Gasteiger partial charge in [0.2, 0.25) is 23.8 Å². The molecule has 0 aliphatic carbocycles. The van der Waals surface area contributed by atoms with Gasteiger partial charge in [0.25, 0.3) is 0 Å². The Balaban J connectivity index is 0. The summed E-state index contributed by atoms with van der Waals surface area (Å²) < 4.78 is 0. The number of nitrogens with zero attached hydrogens (tertiary/aromatic N) is 10. The van der Waals surface area contributed by atoms with Crippen molar-refractivity contribution in [1.82, 2.24) is 39.9 Å². The second-order valence-electron chi connectivity index (χ2n) is 15.5. The predicted octanol–water partition coefficient (Wildman–Crippen LogP) is 1.56. The van der Waals surface area contributed by atoms with E-state index < -0.39 is 35.8 Å². The summed E-state index contributed by atoms with van der Waals surface area (Å²) in [6.07, 6.45) is 3.29. The van der Waals surface area contributed by atoms with Gasteiger partial charge in [-0.3, -0.25) is 9.97 Å². The number of pyridine rings is 2. The molecule has 4 aromatic heterocycles. The first-order valence-electron chi connectivity index (χ1n) is 24.7. The van der Waals surface area contributed by atoms with Gasteiger partial charge >= 0.3 is 76.3 Å². The van der Waals surface area contributed by atoms with E-state index in [9.17, 15) is 59.4 Å². The molecule has 0 aliphatic rings. The molecule has 462 valence electrons. The molecule has 0 spiro atoms. The van der Waals surface area contributed by atoms with Crippen LogP contribution in [-0.2, 0) is 0 Å². The van der Waals surface area contributed by atoms with E-state index in [0.717, 1.165) is 0 Å². The van der Waals surface area contributed by atoms with Gasteiger partial charge in [0, 0.05) is 26.2 Å². The van der Waals surface area contributed by atoms with Crippen LogP contribution in [0.15, 0.2) is 231 Å². The SMILES string of the molecule is CC#N.CC#N.Nc1nc(N)nc(-c2ccccn2)n1.Nc1nc(N)nc(-c2ccccn2)n1.O=C([O-])c1ccccc1.O=C([O-])c1ccccc1.O=C([O-])c1ccccc1.O=C([O-])c1ccccc1.O=C([O-])c1ccccc1.O=C([O-])c1ccccc1.[Dy+3].[Dy+3]. The Morgan fingerprint density at radius 3 is 0.578 bits per heavy atom. The van der Waals surface area contributed by atoms with Gasteiger partial charge in [-0.1, -0.05) is 194 Å². The van der Waals surface area contributed by atoms with Crippen LogP contribution in [0.3, 0.4) is 0 Å². The van der Waals surface area contributed by atoms with Crippen molar-refractivity contribution in [3.63, 3.8) is 0 Å². The standard InChI is InChI=1S/2C8H8N6.6C7H6O2.2C2H3N.2Dy/c2*9-7-12-6(13-8(10)14-7)5-3-1-2-4-11-5;6*8-7(9)6-4-2-1-3-5-6;2*1-2-3;;/h2*1-4H,(H4,9,10,12,13,14);6*1-5H,(H,8,9);2*1H3;;/q;;;;;;;;;;2*+3/p-6. The number of hydrogen-bond donors (Lipinski definition) is 4. The summed E-state index contributed by atoms with van der Waals surface area (Å²) in [5.41, 5.74) is 24.3. The Bertz CT molecular complexity index is 3220. The van der Waals surface area contributed by atoms with E-state index in [1.807, 2.05) is 12.1 Å². The van der Waals surface area contributed by atoms with Gasteiger partial charge < -0.3 is 82.3 Å². The zero-order chi connectivity index (χ0) is 65.5. The largest absolute Gasteiger partial charge is 3.00 e. The van der Waals surface area contributed by atoms with Crippen molar-refractivity contribution in [3.8, 4) is 35.2 Å². The average molecular weight is 1510 g/mol. The van der Waals surface area contributed by atoms with Crippen molar-refractivity contribution in [2.45, 2.75) is 13.8 Å². The minimum Gasteiger partial charge on any atom is -0.545 e. The number of hydrogen-bond acceptors (Lipinski definition) is 26. The Morgan fingerprint density at radius 2 is 0.456 bits per heavy atom. The molecule has 28 heteroatoms. The molecule has 0 amide bonds. The molecule has 0 atom stereocenters. The summed E-state index contributed by atoms with van der Waals surface area (Å²) in [5, 5.41) is 75.2. The minimum absolute atomic E-state index is 0. The molecule has 26 nitrogen and oxygen atoms in total. The maximum Gasteiger partial charge on any atom is 3.00 e. The first-order valence-corrected chi connectivity index (χ1v) is 24.7. The normalized spacial score (nSPS) is 8.62. The van der Waals surface area contributed by atoms with Gasteiger partial charge in [-0.2, -0.15) is 40.4 Å². The molecule has 90 heavy (non-hydrogen) atoms. The van der Waals surface area contributed by atoms with Crippen molar-refractivity contribution < 1.29 is 136 Å². The summed E-state index contributed by atoms with van der Waals surface area (Å²) in [7, 11) is 0. The van der Waals surface area contributed by atoms with E-state index in [4.69, 9.17) is 33.5 Å². The van der Waals surface area contributed by atoms with Gasteiger partial charge in [-0.25, -0.2) is 0 Å². The molecule has 0 saturated carbocycles. The summed E-state index contributed by atoms with van der Waals surface area (Å²) in [6.45, 7) is 2.86. The number of aromatic carboxylic acids is 6. The zero-order valence-electron chi connectivity index (χ0n) is 47.3. The van der Waals surface area contributed by atoms with Crippen LogP contribution >= 0.6 is 0 Å². The Morgan fingerprint density at radius 1 is 0.300 bits per heavy atom. The quantitative estimate of drug-likeness (QED) is 0.168. The molecular weight excluding hydrogens is 1460 g/mol. The van der Waals surface area contributed by atoms with Gasteiger partial charge in [-0.05, 0) is 57.6 Å². The smallest absolute Gasteiger partial charge is 0.545 e. The van der Waals surface area contributed by atoms with E-state index in [1.165, 1.54) is 86.6 Å². The van der Waals surface area contributed by atoms with E-state index in [0.29, 0.717) is 23.0 Å². The fourth-order valence-electron chi connectivity index (χ4n) is 5.48. The van der Waals surface area contributed by atoms with E-state index in [1.54, 1.807) is 158 Å². The van der Waals surface area contributed by atoms with Crippen molar-refractivity contribution in [2.75, 3.05) is 22.9 Å². The third kappa shape index (κ3) is 37.6. The van der Waals surface area contributed by atoms with E-state index >= 15 is 0 Å². The number of carbonyl (C=O) groups excluding carboxylic acids is 6. The van der Waals surface area contributed by atoms with Crippen LogP contribution in [0, 0.1) is 99.0 Å². The van der Waals surface area contributed by atoms with E-state index in [2.05, 4.69) is 39.9 Å². The molecule has 6 aromatic carbocycles. The molecule has 8 N–H and O–H groups in total. The zero-order valence-corrected chi connectivity index (χ0v) is 51.3. The predicted molar refractivity (Wildman–Crippen MR) is 311 cm³/mol. The molecule has 0 aliphatic heterocycles.